The number of carbonyl (C=O) groups excluding carboxylic acids is 1. The van der Waals surface area contributed by atoms with Crippen LogP contribution in [0.1, 0.15) is 35.5 Å². The molecule has 1 aromatic carbocycles. The number of hydrogen-bond acceptors (Lipinski definition) is 6. The van der Waals surface area contributed by atoms with Crippen LogP contribution in [-0.2, 0) is 33.6 Å². The van der Waals surface area contributed by atoms with Gasteiger partial charge in [0, 0.05) is 17.7 Å². The van der Waals surface area contributed by atoms with E-state index in [1.165, 1.54) is 0 Å². The fraction of sp³-hybridized carbons (Fsp3) is 0.455. The van der Waals surface area contributed by atoms with Crippen molar-refractivity contribution in [1.29, 1.82) is 0 Å². The first-order chi connectivity index (χ1) is 14.2. The summed E-state index contributed by atoms with van der Waals surface area (Å²) in [5.41, 5.74) is 4.45. The van der Waals surface area contributed by atoms with Gasteiger partial charge in [-0.25, -0.2) is 4.79 Å². The molecule has 0 saturated heterocycles. The van der Waals surface area contributed by atoms with Gasteiger partial charge < -0.3 is 18.9 Å². The Morgan fingerprint density at radius 1 is 1.21 bits per heavy atom. The first-order valence-corrected chi connectivity index (χ1v) is 9.98. The quantitative estimate of drug-likeness (QED) is 0.249. The van der Waals surface area contributed by atoms with Crippen LogP contribution < -0.4 is 4.74 Å². The molecule has 0 saturated carbocycles. The molecule has 0 atom stereocenters. The lowest BCUT2D eigenvalue weighted by Crippen LogP contribution is -2.15. The fourth-order valence-electron chi connectivity index (χ4n) is 3.42. The predicted molar refractivity (Wildman–Crippen MR) is 109 cm³/mol. The summed E-state index contributed by atoms with van der Waals surface area (Å²) in [5.74, 6) is 0.412. The number of hydrogen-bond donors (Lipinski definition) is 0. The maximum Gasteiger partial charge on any atom is 0.356 e. The number of rotatable bonds is 11. The predicted octanol–water partition coefficient (Wildman–Crippen LogP) is 3.40. The summed E-state index contributed by atoms with van der Waals surface area (Å²) in [6, 6.07) is 5.90. The number of esters is 1. The van der Waals surface area contributed by atoms with Crippen molar-refractivity contribution < 1.29 is 23.7 Å². The van der Waals surface area contributed by atoms with Gasteiger partial charge >= 0.3 is 5.97 Å². The Kier molecular flexibility index (Phi) is 7.43. The molecule has 0 fully saturated rings. The largest absolute Gasteiger partial charge is 0.468 e. The van der Waals surface area contributed by atoms with Gasteiger partial charge in [-0.05, 0) is 50.5 Å². The van der Waals surface area contributed by atoms with E-state index in [1.807, 2.05) is 25.1 Å². The number of fused-ring (bicyclic) bond motifs is 3. The van der Waals surface area contributed by atoms with Crippen LogP contribution in [0, 0.1) is 0 Å². The second-order valence-electron chi connectivity index (χ2n) is 6.55. The van der Waals surface area contributed by atoms with Crippen LogP contribution in [0.2, 0.25) is 0 Å². The minimum absolute atomic E-state index is 0.179. The molecule has 0 unspecified atom stereocenters. The molecule has 0 spiro atoms. The number of aryl methyl sites for hydroxylation is 1. The zero-order valence-electron chi connectivity index (χ0n) is 17.1. The molecule has 1 aliphatic rings. The van der Waals surface area contributed by atoms with Crippen LogP contribution in [-0.4, -0.2) is 49.0 Å². The SMILES string of the molecule is C=CCn1nc2c(c1C(=O)OCC)CCc1cc(OCOCCOCC)ccc1-2. The standard InChI is InChI=1S/C22H28N2O5/c1-4-11-24-21(22(25)28-6-3)19-9-7-16-14-17(8-10-18(16)20(19)23-24)29-15-27-13-12-26-5-2/h4,8,10,14H,1,5-7,9,11-13,15H2,2-3H3. The minimum atomic E-state index is -0.337. The summed E-state index contributed by atoms with van der Waals surface area (Å²) in [5, 5.41) is 4.68. The van der Waals surface area contributed by atoms with Crippen LogP contribution in [0.5, 0.6) is 5.75 Å². The van der Waals surface area contributed by atoms with Gasteiger partial charge in [-0.2, -0.15) is 5.10 Å². The zero-order chi connectivity index (χ0) is 20.6. The van der Waals surface area contributed by atoms with Crippen LogP contribution in [0.25, 0.3) is 11.3 Å². The molecular formula is C22H28N2O5. The molecule has 7 nitrogen and oxygen atoms in total. The maximum atomic E-state index is 12.5. The second-order valence-corrected chi connectivity index (χ2v) is 6.55. The Morgan fingerprint density at radius 3 is 2.79 bits per heavy atom. The normalized spacial score (nSPS) is 12.2. The highest BCUT2D eigenvalue weighted by Crippen LogP contribution is 2.36. The molecule has 0 amide bonds. The minimum Gasteiger partial charge on any atom is -0.468 e. The highest BCUT2D eigenvalue weighted by molar-refractivity contribution is 5.92. The molecule has 7 heteroatoms. The maximum absolute atomic E-state index is 12.5. The molecule has 1 aliphatic carbocycles. The smallest absolute Gasteiger partial charge is 0.356 e. The van der Waals surface area contributed by atoms with E-state index < -0.39 is 0 Å². The van der Waals surface area contributed by atoms with Gasteiger partial charge in [0.2, 0.25) is 0 Å². The molecule has 0 radical (unpaired) electrons. The van der Waals surface area contributed by atoms with E-state index in [2.05, 4.69) is 11.7 Å². The van der Waals surface area contributed by atoms with Crippen LogP contribution >= 0.6 is 0 Å². The Labute approximate surface area is 171 Å². The first-order valence-electron chi connectivity index (χ1n) is 9.98. The molecule has 0 aliphatic heterocycles. The summed E-state index contributed by atoms with van der Waals surface area (Å²) in [6.45, 7) is 10.2. The Bertz CT molecular complexity index is 859. The summed E-state index contributed by atoms with van der Waals surface area (Å²) in [7, 11) is 0. The monoisotopic (exact) mass is 400 g/mol. The van der Waals surface area contributed by atoms with Crippen molar-refractivity contribution in [3.05, 3.63) is 47.7 Å². The lowest BCUT2D eigenvalue weighted by atomic mass is 9.89. The molecule has 1 heterocycles. The molecule has 29 heavy (non-hydrogen) atoms. The van der Waals surface area contributed by atoms with E-state index in [4.69, 9.17) is 18.9 Å². The third-order valence-corrected chi connectivity index (χ3v) is 4.68. The molecular weight excluding hydrogens is 372 g/mol. The van der Waals surface area contributed by atoms with Crippen molar-refractivity contribution in [2.45, 2.75) is 33.2 Å². The number of nitrogens with zero attached hydrogens (tertiary/aromatic N) is 2. The molecule has 1 aromatic heterocycles. The van der Waals surface area contributed by atoms with Crippen LogP contribution in [0.15, 0.2) is 30.9 Å². The fourth-order valence-corrected chi connectivity index (χ4v) is 3.42. The van der Waals surface area contributed by atoms with E-state index in [0.29, 0.717) is 38.7 Å². The Hall–Kier alpha value is -2.64. The number of benzene rings is 1. The Morgan fingerprint density at radius 2 is 2.03 bits per heavy atom. The number of carbonyl (C=O) groups is 1. The molecule has 2 aromatic rings. The van der Waals surface area contributed by atoms with Crippen molar-refractivity contribution in [3.8, 4) is 17.0 Å². The number of ether oxygens (including phenoxy) is 4. The van der Waals surface area contributed by atoms with Crippen molar-refractivity contribution in [2.24, 2.45) is 0 Å². The number of allylic oxidation sites excluding steroid dienone is 1. The molecule has 156 valence electrons. The third kappa shape index (κ3) is 4.86. The van der Waals surface area contributed by atoms with Crippen molar-refractivity contribution in [1.82, 2.24) is 9.78 Å². The van der Waals surface area contributed by atoms with Gasteiger partial charge in [0.25, 0.3) is 0 Å². The van der Waals surface area contributed by atoms with Crippen molar-refractivity contribution in [2.75, 3.05) is 33.2 Å². The topological polar surface area (TPSA) is 71.8 Å². The van der Waals surface area contributed by atoms with Gasteiger partial charge in [-0.15, -0.1) is 6.58 Å². The first kappa shape index (κ1) is 21.1. The van der Waals surface area contributed by atoms with Crippen LogP contribution in [0.4, 0.5) is 0 Å². The molecule has 0 N–H and O–H groups in total. The van der Waals surface area contributed by atoms with Gasteiger partial charge in [0.1, 0.15) is 5.75 Å². The lowest BCUT2D eigenvalue weighted by Gasteiger charge is -2.17. The number of aromatic nitrogens is 2. The lowest BCUT2D eigenvalue weighted by molar-refractivity contribution is -0.0150. The van der Waals surface area contributed by atoms with Crippen molar-refractivity contribution >= 4 is 5.97 Å². The van der Waals surface area contributed by atoms with E-state index in [1.54, 1.807) is 17.7 Å². The highest BCUT2D eigenvalue weighted by atomic mass is 16.7. The van der Waals surface area contributed by atoms with Crippen LogP contribution in [0.3, 0.4) is 0 Å². The second kappa shape index (κ2) is 10.2. The zero-order valence-corrected chi connectivity index (χ0v) is 17.1. The van der Waals surface area contributed by atoms with E-state index in [-0.39, 0.29) is 12.8 Å². The van der Waals surface area contributed by atoms with Gasteiger partial charge in [0.05, 0.1) is 32.1 Å². The van der Waals surface area contributed by atoms with Gasteiger partial charge in [-0.1, -0.05) is 6.08 Å². The summed E-state index contributed by atoms with van der Waals surface area (Å²) < 4.78 is 23.3. The van der Waals surface area contributed by atoms with E-state index in [0.717, 1.165) is 41.0 Å². The summed E-state index contributed by atoms with van der Waals surface area (Å²) in [4.78, 5) is 12.5. The average Bonchev–Trinajstić information content (AvgIpc) is 3.09. The third-order valence-electron chi connectivity index (χ3n) is 4.68. The van der Waals surface area contributed by atoms with E-state index in [9.17, 15) is 4.79 Å². The molecule has 0 bridgehead atoms. The summed E-state index contributed by atoms with van der Waals surface area (Å²) in [6.07, 6.45) is 3.25. The van der Waals surface area contributed by atoms with Gasteiger partial charge in [0.15, 0.2) is 12.5 Å². The van der Waals surface area contributed by atoms with Crippen molar-refractivity contribution in [3.63, 3.8) is 0 Å². The Balaban J connectivity index is 1.77. The summed E-state index contributed by atoms with van der Waals surface area (Å²) >= 11 is 0. The highest BCUT2D eigenvalue weighted by Gasteiger charge is 2.29. The average molecular weight is 400 g/mol. The van der Waals surface area contributed by atoms with E-state index >= 15 is 0 Å². The molecule has 3 rings (SSSR count). The van der Waals surface area contributed by atoms with Gasteiger partial charge in [-0.3, -0.25) is 4.68 Å².